The average Bonchev–Trinajstić information content (AvgIpc) is 3.22. The second kappa shape index (κ2) is 8.37. The van der Waals surface area contributed by atoms with Gasteiger partial charge in [0, 0.05) is 12.0 Å². The molecule has 0 unspecified atom stereocenters. The van der Waals surface area contributed by atoms with Crippen LogP contribution in [0.15, 0.2) is 78.9 Å². The number of rotatable bonds is 4. The smallest absolute Gasteiger partial charge is 0.323 e. The number of fused-ring (bicyclic) bond motifs is 1. The average molecular weight is 443 g/mol. The van der Waals surface area contributed by atoms with Crippen LogP contribution < -0.4 is 14.8 Å². The number of esters is 1. The van der Waals surface area contributed by atoms with Crippen molar-refractivity contribution in [3.05, 3.63) is 95.6 Å². The molecule has 6 heteroatoms. The lowest BCUT2D eigenvalue weighted by atomic mass is 9.62. The highest BCUT2D eigenvalue weighted by atomic mass is 16.5. The van der Waals surface area contributed by atoms with Crippen molar-refractivity contribution in [3.8, 4) is 11.5 Å². The van der Waals surface area contributed by atoms with Crippen LogP contribution in [-0.2, 0) is 9.53 Å². The Hall–Kier alpha value is -3.64. The van der Waals surface area contributed by atoms with Crippen LogP contribution >= 0.6 is 0 Å². The van der Waals surface area contributed by atoms with Gasteiger partial charge in [-0.2, -0.15) is 0 Å². The molecule has 5 rings (SSSR count). The first-order chi connectivity index (χ1) is 16.1. The number of benzene rings is 3. The van der Waals surface area contributed by atoms with Gasteiger partial charge in [-0.05, 0) is 35.4 Å². The van der Waals surface area contributed by atoms with E-state index in [1.807, 2.05) is 66.7 Å². The van der Waals surface area contributed by atoms with E-state index < -0.39 is 29.4 Å². The van der Waals surface area contributed by atoms with Gasteiger partial charge in [-0.25, -0.2) is 0 Å². The molecule has 0 bridgehead atoms. The minimum atomic E-state index is -1.05. The molecule has 2 heterocycles. The maximum Gasteiger partial charge on any atom is 0.323 e. The van der Waals surface area contributed by atoms with Crippen molar-refractivity contribution in [2.45, 2.75) is 18.0 Å². The molecule has 0 aliphatic carbocycles. The molecule has 1 spiro atoms. The standard InChI is InChI=1S/C27H25NO5/c1-31-19-14-12-18(13-15-19)24-27(16-33-21-11-7-6-10-20(21)25(27)29)22(17-8-4-3-5-9-17)23(28-24)26(30)32-2/h3-15,22-24,28H,16H2,1-2H3/t22-,23+,24+,27+/m0/s1. The van der Waals surface area contributed by atoms with Crippen molar-refractivity contribution >= 4 is 11.8 Å². The van der Waals surface area contributed by atoms with Crippen molar-refractivity contribution in [1.29, 1.82) is 0 Å². The molecule has 1 N–H and O–H groups in total. The first-order valence-corrected chi connectivity index (χ1v) is 10.9. The van der Waals surface area contributed by atoms with Gasteiger partial charge in [0.15, 0.2) is 5.78 Å². The molecular weight excluding hydrogens is 418 g/mol. The summed E-state index contributed by atoms with van der Waals surface area (Å²) in [5, 5.41) is 3.45. The topological polar surface area (TPSA) is 73.9 Å². The summed E-state index contributed by atoms with van der Waals surface area (Å²) in [4.78, 5) is 27.3. The van der Waals surface area contributed by atoms with Gasteiger partial charge in [0.25, 0.3) is 0 Å². The molecule has 2 aliphatic rings. The third-order valence-corrected chi connectivity index (χ3v) is 6.83. The van der Waals surface area contributed by atoms with Crippen LogP contribution in [0, 0.1) is 5.41 Å². The van der Waals surface area contributed by atoms with E-state index in [2.05, 4.69) is 5.32 Å². The lowest BCUT2D eigenvalue weighted by Gasteiger charge is -2.41. The Bertz CT molecular complexity index is 1180. The van der Waals surface area contributed by atoms with Gasteiger partial charge in [0.05, 0.1) is 25.2 Å². The number of ether oxygens (including phenoxy) is 3. The van der Waals surface area contributed by atoms with Gasteiger partial charge >= 0.3 is 5.97 Å². The molecule has 3 aromatic rings. The number of nitrogens with one attached hydrogen (secondary N) is 1. The highest BCUT2D eigenvalue weighted by molar-refractivity contribution is 6.06. The minimum absolute atomic E-state index is 0.0436. The summed E-state index contributed by atoms with van der Waals surface area (Å²) in [5.74, 6) is 0.337. The number of carbonyl (C=O) groups excluding carboxylic acids is 2. The normalized spacial score (nSPS) is 25.9. The van der Waals surface area contributed by atoms with Crippen LogP contribution in [0.2, 0.25) is 0 Å². The van der Waals surface area contributed by atoms with Crippen molar-refractivity contribution in [2.75, 3.05) is 20.8 Å². The molecule has 33 heavy (non-hydrogen) atoms. The highest BCUT2D eigenvalue weighted by Gasteiger charge is 2.64. The number of methoxy groups -OCH3 is 2. The molecule has 3 aromatic carbocycles. The Kier molecular flexibility index (Phi) is 5.38. The zero-order valence-corrected chi connectivity index (χ0v) is 18.5. The lowest BCUT2D eigenvalue weighted by molar-refractivity contribution is -0.143. The second-order valence-corrected chi connectivity index (χ2v) is 8.42. The molecule has 0 amide bonds. The fourth-order valence-corrected chi connectivity index (χ4v) is 5.31. The fraction of sp³-hybridized carbons (Fsp3) is 0.259. The summed E-state index contributed by atoms with van der Waals surface area (Å²) >= 11 is 0. The van der Waals surface area contributed by atoms with Gasteiger partial charge in [0.1, 0.15) is 24.1 Å². The first-order valence-electron chi connectivity index (χ1n) is 10.9. The summed E-state index contributed by atoms with van der Waals surface area (Å²) in [5.41, 5.74) is 1.23. The Morgan fingerprint density at radius 2 is 1.64 bits per heavy atom. The van der Waals surface area contributed by atoms with Gasteiger partial charge < -0.3 is 14.2 Å². The number of hydrogen-bond donors (Lipinski definition) is 1. The SMILES string of the molecule is COC(=O)[C@@H]1N[C@H](c2ccc(OC)cc2)[C@@]2(COc3ccccc3C2=O)[C@H]1c1ccccc1. The van der Waals surface area contributed by atoms with Gasteiger partial charge in [-0.1, -0.05) is 54.6 Å². The van der Waals surface area contributed by atoms with Crippen LogP contribution in [-0.4, -0.2) is 38.6 Å². The van der Waals surface area contributed by atoms with Crippen molar-refractivity contribution in [1.82, 2.24) is 5.32 Å². The van der Waals surface area contributed by atoms with Crippen molar-refractivity contribution in [2.24, 2.45) is 5.41 Å². The van der Waals surface area contributed by atoms with Crippen LogP contribution in [0.25, 0.3) is 0 Å². The molecule has 2 aliphatic heterocycles. The van der Waals surface area contributed by atoms with Gasteiger partial charge in [-0.15, -0.1) is 0 Å². The molecule has 1 fully saturated rings. The fourth-order valence-electron chi connectivity index (χ4n) is 5.31. The third-order valence-electron chi connectivity index (χ3n) is 6.83. The molecule has 4 atom stereocenters. The van der Waals surface area contributed by atoms with E-state index in [0.29, 0.717) is 17.1 Å². The Labute approximate surface area is 192 Å². The van der Waals surface area contributed by atoms with Crippen LogP contribution in [0.4, 0.5) is 0 Å². The van der Waals surface area contributed by atoms with E-state index in [1.54, 1.807) is 19.2 Å². The Morgan fingerprint density at radius 3 is 2.33 bits per heavy atom. The summed E-state index contributed by atoms with van der Waals surface area (Å²) in [6.07, 6.45) is 0. The number of para-hydroxylation sites is 1. The zero-order valence-electron chi connectivity index (χ0n) is 18.5. The van der Waals surface area contributed by atoms with Crippen LogP contribution in [0.1, 0.15) is 33.4 Å². The molecule has 0 radical (unpaired) electrons. The maximum absolute atomic E-state index is 14.3. The maximum atomic E-state index is 14.3. The predicted octanol–water partition coefficient (Wildman–Crippen LogP) is 3.93. The number of ketones is 1. The first kappa shape index (κ1) is 21.2. The Balaban J connectivity index is 1.73. The van der Waals surface area contributed by atoms with Crippen LogP contribution in [0.5, 0.6) is 11.5 Å². The summed E-state index contributed by atoms with van der Waals surface area (Å²) in [6, 6.07) is 23.3. The zero-order chi connectivity index (χ0) is 23.0. The second-order valence-electron chi connectivity index (χ2n) is 8.42. The van der Waals surface area contributed by atoms with Crippen molar-refractivity contribution < 1.29 is 23.8 Å². The predicted molar refractivity (Wildman–Crippen MR) is 123 cm³/mol. The number of Topliss-reactive ketones (excluding diaryl/α,β-unsaturated/α-hetero) is 1. The van der Waals surface area contributed by atoms with E-state index in [4.69, 9.17) is 14.2 Å². The lowest BCUT2D eigenvalue weighted by Crippen LogP contribution is -2.48. The number of hydrogen-bond acceptors (Lipinski definition) is 6. The van der Waals surface area contributed by atoms with Crippen LogP contribution in [0.3, 0.4) is 0 Å². The highest BCUT2D eigenvalue weighted by Crippen LogP contribution is 2.57. The molecule has 0 aromatic heterocycles. The summed E-state index contributed by atoms with van der Waals surface area (Å²) in [6.45, 7) is 0.138. The molecule has 0 saturated carbocycles. The van der Waals surface area contributed by atoms with E-state index in [1.165, 1.54) is 7.11 Å². The summed E-state index contributed by atoms with van der Waals surface area (Å²) < 4.78 is 16.7. The molecule has 1 saturated heterocycles. The quantitative estimate of drug-likeness (QED) is 0.616. The minimum Gasteiger partial charge on any atom is -0.497 e. The Morgan fingerprint density at radius 1 is 0.939 bits per heavy atom. The van der Waals surface area contributed by atoms with Gasteiger partial charge in [0.2, 0.25) is 0 Å². The summed E-state index contributed by atoms with van der Waals surface area (Å²) in [7, 11) is 2.98. The van der Waals surface area contributed by atoms with E-state index in [9.17, 15) is 9.59 Å². The molecule has 6 nitrogen and oxygen atoms in total. The molecule has 168 valence electrons. The molecular formula is C27H25NO5. The van der Waals surface area contributed by atoms with E-state index >= 15 is 0 Å². The van der Waals surface area contributed by atoms with E-state index in [-0.39, 0.29) is 12.4 Å². The van der Waals surface area contributed by atoms with E-state index in [0.717, 1.165) is 11.1 Å². The monoisotopic (exact) mass is 443 g/mol. The largest absolute Gasteiger partial charge is 0.497 e. The third kappa shape index (κ3) is 3.29. The van der Waals surface area contributed by atoms with Crippen molar-refractivity contribution in [3.63, 3.8) is 0 Å². The number of carbonyl (C=O) groups is 2. The van der Waals surface area contributed by atoms with Gasteiger partial charge in [-0.3, -0.25) is 14.9 Å².